The minimum Gasteiger partial charge on any atom is -0.493 e. The Kier molecular flexibility index (Phi) is 4.82. The molecule has 1 aromatic carbocycles. The molecule has 4 nitrogen and oxygen atoms in total. The second kappa shape index (κ2) is 6.13. The average Bonchev–Trinajstić information content (AvgIpc) is 2.37. The minimum atomic E-state index is 0.126. The summed E-state index contributed by atoms with van der Waals surface area (Å²) >= 11 is 0. The van der Waals surface area contributed by atoms with Crippen molar-refractivity contribution in [3.63, 3.8) is 0 Å². The molecule has 0 aliphatic rings. The van der Waals surface area contributed by atoms with Crippen LogP contribution in [-0.4, -0.2) is 27.6 Å². The van der Waals surface area contributed by atoms with Gasteiger partial charge in [0.05, 0.1) is 21.3 Å². The Labute approximate surface area is 101 Å². The summed E-state index contributed by atoms with van der Waals surface area (Å²) in [6.07, 6.45) is 1.38. The van der Waals surface area contributed by atoms with Crippen molar-refractivity contribution in [2.24, 2.45) is 0 Å². The van der Waals surface area contributed by atoms with Gasteiger partial charge in [0.15, 0.2) is 11.5 Å². The van der Waals surface area contributed by atoms with Crippen LogP contribution in [0.25, 0.3) is 0 Å². The number of methoxy groups -OCH3 is 3. The maximum absolute atomic E-state index is 10.5. The van der Waals surface area contributed by atoms with Crippen molar-refractivity contribution in [2.45, 2.75) is 19.3 Å². The summed E-state index contributed by atoms with van der Waals surface area (Å²) in [5.74, 6) is 1.91. The van der Waals surface area contributed by atoms with Crippen molar-refractivity contribution in [1.29, 1.82) is 0 Å². The van der Waals surface area contributed by atoms with Crippen LogP contribution in [0, 0.1) is 0 Å². The molecule has 1 rings (SSSR count). The fourth-order valence-corrected chi connectivity index (χ4v) is 1.67. The number of rotatable bonds is 6. The van der Waals surface area contributed by atoms with Crippen molar-refractivity contribution in [3.8, 4) is 17.2 Å². The SMILES string of the molecule is COc1cc(C(C)CC=O)cc(OC)c1OC. The van der Waals surface area contributed by atoms with Crippen molar-refractivity contribution in [3.05, 3.63) is 17.7 Å². The molecule has 0 aliphatic carbocycles. The van der Waals surface area contributed by atoms with Crippen LogP contribution < -0.4 is 14.2 Å². The van der Waals surface area contributed by atoms with Crippen molar-refractivity contribution in [2.75, 3.05) is 21.3 Å². The van der Waals surface area contributed by atoms with Gasteiger partial charge >= 0.3 is 0 Å². The standard InChI is InChI=1S/C13H18O4/c1-9(5-6-14)10-7-11(15-2)13(17-4)12(8-10)16-3/h6-9H,5H2,1-4H3. The molecule has 0 bridgehead atoms. The summed E-state index contributed by atoms with van der Waals surface area (Å²) in [6, 6.07) is 3.74. The first-order valence-corrected chi connectivity index (χ1v) is 5.41. The third kappa shape index (κ3) is 2.90. The second-order valence-electron chi connectivity index (χ2n) is 3.76. The van der Waals surface area contributed by atoms with Crippen LogP contribution >= 0.6 is 0 Å². The zero-order valence-corrected chi connectivity index (χ0v) is 10.6. The summed E-state index contributed by atoms with van der Waals surface area (Å²) in [5.41, 5.74) is 0.992. The van der Waals surface area contributed by atoms with Crippen LogP contribution in [0.1, 0.15) is 24.8 Å². The first kappa shape index (κ1) is 13.4. The van der Waals surface area contributed by atoms with E-state index < -0.39 is 0 Å². The molecular weight excluding hydrogens is 220 g/mol. The fraction of sp³-hybridized carbons (Fsp3) is 0.462. The van der Waals surface area contributed by atoms with Gasteiger partial charge in [-0.3, -0.25) is 0 Å². The lowest BCUT2D eigenvalue weighted by atomic mass is 9.97. The number of carbonyl (C=O) groups is 1. The zero-order chi connectivity index (χ0) is 12.8. The largest absolute Gasteiger partial charge is 0.493 e. The van der Waals surface area contributed by atoms with Crippen LogP contribution in [-0.2, 0) is 4.79 Å². The van der Waals surface area contributed by atoms with E-state index in [9.17, 15) is 4.79 Å². The van der Waals surface area contributed by atoms with Crippen molar-refractivity contribution < 1.29 is 19.0 Å². The summed E-state index contributed by atoms with van der Waals surface area (Å²) < 4.78 is 15.7. The molecule has 0 aliphatic heterocycles. The monoisotopic (exact) mass is 238 g/mol. The third-order valence-electron chi connectivity index (χ3n) is 2.71. The van der Waals surface area contributed by atoms with Crippen LogP contribution in [0.2, 0.25) is 0 Å². The first-order chi connectivity index (χ1) is 8.17. The van der Waals surface area contributed by atoms with Gasteiger partial charge in [0, 0.05) is 6.42 Å². The third-order valence-corrected chi connectivity index (χ3v) is 2.71. The highest BCUT2D eigenvalue weighted by atomic mass is 16.5. The maximum Gasteiger partial charge on any atom is 0.203 e. The molecule has 1 atom stereocenters. The van der Waals surface area contributed by atoms with E-state index >= 15 is 0 Å². The highest BCUT2D eigenvalue weighted by Crippen LogP contribution is 2.40. The van der Waals surface area contributed by atoms with Gasteiger partial charge in [-0.1, -0.05) is 6.92 Å². The molecule has 0 aromatic heterocycles. The van der Waals surface area contributed by atoms with E-state index in [0.29, 0.717) is 23.7 Å². The van der Waals surface area contributed by atoms with Crippen LogP contribution in [0.15, 0.2) is 12.1 Å². The van der Waals surface area contributed by atoms with Gasteiger partial charge in [-0.15, -0.1) is 0 Å². The van der Waals surface area contributed by atoms with E-state index in [0.717, 1.165) is 11.8 Å². The average molecular weight is 238 g/mol. The van der Waals surface area contributed by atoms with Gasteiger partial charge in [-0.2, -0.15) is 0 Å². The van der Waals surface area contributed by atoms with E-state index in [-0.39, 0.29) is 5.92 Å². The lowest BCUT2D eigenvalue weighted by Gasteiger charge is -2.16. The Morgan fingerprint density at radius 1 is 1.12 bits per heavy atom. The van der Waals surface area contributed by atoms with Gasteiger partial charge in [0.2, 0.25) is 5.75 Å². The molecule has 0 saturated carbocycles. The van der Waals surface area contributed by atoms with E-state index in [2.05, 4.69) is 0 Å². The minimum absolute atomic E-state index is 0.126. The Morgan fingerprint density at radius 3 is 2.00 bits per heavy atom. The fourth-order valence-electron chi connectivity index (χ4n) is 1.67. The van der Waals surface area contributed by atoms with Gasteiger partial charge in [-0.05, 0) is 23.6 Å². The van der Waals surface area contributed by atoms with Crippen molar-refractivity contribution >= 4 is 6.29 Å². The molecule has 0 N–H and O–H groups in total. The van der Waals surface area contributed by atoms with E-state index in [4.69, 9.17) is 14.2 Å². The van der Waals surface area contributed by atoms with Gasteiger partial charge in [-0.25, -0.2) is 0 Å². The molecule has 1 aromatic rings. The topological polar surface area (TPSA) is 44.8 Å². The lowest BCUT2D eigenvalue weighted by molar-refractivity contribution is -0.108. The maximum atomic E-state index is 10.5. The summed E-state index contributed by atoms with van der Waals surface area (Å²) in [7, 11) is 4.71. The number of aldehydes is 1. The molecule has 0 amide bonds. The smallest absolute Gasteiger partial charge is 0.203 e. The molecule has 0 heterocycles. The Balaban J connectivity index is 3.21. The summed E-state index contributed by atoms with van der Waals surface area (Å²) in [4.78, 5) is 10.5. The molecule has 0 fully saturated rings. The van der Waals surface area contributed by atoms with E-state index in [1.54, 1.807) is 21.3 Å². The molecule has 94 valence electrons. The quantitative estimate of drug-likeness (QED) is 0.714. The molecule has 17 heavy (non-hydrogen) atoms. The predicted molar refractivity (Wildman–Crippen MR) is 65.2 cm³/mol. The normalized spacial score (nSPS) is 11.8. The Bertz CT molecular complexity index is 362. The summed E-state index contributed by atoms with van der Waals surface area (Å²) in [6.45, 7) is 1.98. The molecule has 1 unspecified atom stereocenters. The van der Waals surface area contributed by atoms with E-state index in [1.165, 1.54) is 0 Å². The van der Waals surface area contributed by atoms with Crippen molar-refractivity contribution in [1.82, 2.24) is 0 Å². The summed E-state index contributed by atoms with van der Waals surface area (Å²) in [5, 5.41) is 0. The van der Waals surface area contributed by atoms with Gasteiger partial charge in [0.25, 0.3) is 0 Å². The predicted octanol–water partition coefficient (Wildman–Crippen LogP) is 2.40. The highest BCUT2D eigenvalue weighted by molar-refractivity contribution is 5.56. The lowest BCUT2D eigenvalue weighted by Crippen LogP contribution is -2.00. The molecule has 0 radical (unpaired) electrons. The number of carbonyl (C=O) groups excluding carboxylic acids is 1. The molecule has 4 heteroatoms. The van der Waals surface area contributed by atoms with Gasteiger partial charge in [0.1, 0.15) is 6.29 Å². The highest BCUT2D eigenvalue weighted by Gasteiger charge is 2.15. The number of ether oxygens (including phenoxy) is 3. The van der Waals surface area contributed by atoms with E-state index in [1.807, 2.05) is 19.1 Å². The van der Waals surface area contributed by atoms with Crippen LogP contribution in [0.5, 0.6) is 17.2 Å². The van der Waals surface area contributed by atoms with Gasteiger partial charge < -0.3 is 19.0 Å². The number of hydrogen-bond donors (Lipinski definition) is 0. The molecule has 0 saturated heterocycles. The van der Waals surface area contributed by atoms with Crippen LogP contribution in [0.4, 0.5) is 0 Å². The number of benzene rings is 1. The Hall–Kier alpha value is -1.71. The molecular formula is C13H18O4. The second-order valence-corrected chi connectivity index (χ2v) is 3.76. The number of hydrogen-bond acceptors (Lipinski definition) is 4. The first-order valence-electron chi connectivity index (χ1n) is 5.41. The zero-order valence-electron chi connectivity index (χ0n) is 10.6. The molecule has 0 spiro atoms. The van der Waals surface area contributed by atoms with Crippen LogP contribution in [0.3, 0.4) is 0 Å². The Morgan fingerprint density at radius 2 is 1.65 bits per heavy atom.